The fourth-order valence-corrected chi connectivity index (χ4v) is 4.37. The first-order valence-corrected chi connectivity index (χ1v) is 11.5. The molecule has 0 atom stereocenters. The number of benzene rings is 2. The molecule has 0 aromatic heterocycles. The summed E-state index contributed by atoms with van der Waals surface area (Å²) in [6, 6.07) is 8.41. The van der Waals surface area contributed by atoms with Crippen LogP contribution in [-0.2, 0) is 0 Å². The number of hydrogen-bond acceptors (Lipinski definition) is 7. The summed E-state index contributed by atoms with van der Waals surface area (Å²) in [6.07, 6.45) is 1.87. The SMILES string of the molecule is COc1cc(C(=O)CCCCN2CCN(c3cccc(Cl)c3Cl)CC2)cc([N+](=O)[O-])c1OC. The maximum atomic E-state index is 12.6. The van der Waals surface area contributed by atoms with Crippen LogP contribution < -0.4 is 14.4 Å². The predicted octanol–water partition coefficient (Wildman–Crippen LogP) is 5.09. The van der Waals surface area contributed by atoms with Gasteiger partial charge in [0.05, 0.1) is 34.9 Å². The lowest BCUT2D eigenvalue weighted by Crippen LogP contribution is -2.46. The average molecular weight is 496 g/mol. The van der Waals surface area contributed by atoms with Crippen molar-refractivity contribution < 1.29 is 19.2 Å². The van der Waals surface area contributed by atoms with E-state index in [2.05, 4.69) is 9.80 Å². The Labute approximate surface area is 203 Å². The number of anilines is 1. The highest BCUT2D eigenvalue weighted by atomic mass is 35.5. The molecule has 8 nitrogen and oxygen atoms in total. The van der Waals surface area contributed by atoms with Crippen molar-refractivity contribution in [1.29, 1.82) is 0 Å². The number of carbonyl (C=O) groups excluding carboxylic acids is 1. The van der Waals surface area contributed by atoms with E-state index < -0.39 is 4.92 Å². The van der Waals surface area contributed by atoms with Gasteiger partial charge in [-0.15, -0.1) is 0 Å². The maximum absolute atomic E-state index is 12.6. The van der Waals surface area contributed by atoms with Crippen LogP contribution in [0.5, 0.6) is 11.5 Å². The summed E-state index contributed by atoms with van der Waals surface area (Å²) < 4.78 is 10.2. The second-order valence-electron chi connectivity index (χ2n) is 7.77. The Morgan fingerprint density at radius 2 is 1.82 bits per heavy atom. The molecule has 0 N–H and O–H groups in total. The third kappa shape index (κ3) is 6.07. The average Bonchev–Trinajstić information content (AvgIpc) is 2.82. The van der Waals surface area contributed by atoms with Crippen LogP contribution in [0.4, 0.5) is 11.4 Å². The molecule has 1 aliphatic rings. The first kappa shape index (κ1) is 25.1. The number of ketones is 1. The van der Waals surface area contributed by atoms with Gasteiger partial charge in [-0.25, -0.2) is 0 Å². The van der Waals surface area contributed by atoms with Gasteiger partial charge in [0, 0.05) is 44.2 Å². The summed E-state index contributed by atoms with van der Waals surface area (Å²) in [7, 11) is 2.71. The van der Waals surface area contributed by atoms with Gasteiger partial charge in [0.15, 0.2) is 11.5 Å². The highest BCUT2D eigenvalue weighted by Crippen LogP contribution is 2.38. The molecule has 178 valence electrons. The minimum Gasteiger partial charge on any atom is -0.493 e. The fourth-order valence-electron chi connectivity index (χ4n) is 3.96. The Morgan fingerprint density at radius 1 is 1.09 bits per heavy atom. The zero-order chi connectivity index (χ0) is 24.0. The molecular weight excluding hydrogens is 469 g/mol. The van der Waals surface area contributed by atoms with E-state index >= 15 is 0 Å². The minimum absolute atomic E-state index is 0.0113. The lowest BCUT2D eigenvalue weighted by Gasteiger charge is -2.36. The van der Waals surface area contributed by atoms with Gasteiger partial charge in [0.25, 0.3) is 0 Å². The molecule has 0 amide bonds. The highest BCUT2D eigenvalue weighted by molar-refractivity contribution is 6.43. The molecule has 2 aromatic carbocycles. The van der Waals surface area contributed by atoms with Crippen LogP contribution in [0, 0.1) is 10.1 Å². The predicted molar refractivity (Wildman–Crippen MR) is 129 cm³/mol. The number of methoxy groups -OCH3 is 2. The van der Waals surface area contributed by atoms with E-state index in [-0.39, 0.29) is 28.5 Å². The van der Waals surface area contributed by atoms with E-state index in [1.807, 2.05) is 12.1 Å². The van der Waals surface area contributed by atoms with Crippen molar-refractivity contribution in [2.45, 2.75) is 19.3 Å². The van der Waals surface area contributed by atoms with E-state index in [4.69, 9.17) is 32.7 Å². The third-order valence-electron chi connectivity index (χ3n) is 5.75. The second kappa shape index (κ2) is 11.5. The number of nitro benzene ring substituents is 1. The van der Waals surface area contributed by atoms with E-state index in [1.54, 1.807) is 6.07 Å². The molecule has 0 bridgehead atoms. The summed E-state index contributed by atoms with van der Waals surface area (Å²) in [5.41, 5.74) is 0.933. The van der Waals surface area contributed by atoms with Crippen LogP contribution in [0.2, 0.25) is 10.0 Å². The molecule has 0 unspecified atom stereocenters. The Kier molecular flexibility index (Phi) is 8.77. The lowest BCUT2D eigenvalue weighted by atomic mass is 10.0. The maximum Gasteiger partial charge on any atom is 0.315 e. The Hall–Kier alpha value is -2.55. The number of Topliss-reactive ketones (excluding diaryl/α,β-unsaturated/α-hetero) is 1. The molecular formula is C23H27Cl2N3O5. The van der Waals surface area contributed by atoms with Gasteiger partial charge in [-0.1, -0.05) is 29.3 Å². The summed E-state index contributed by atoms with van der Waals surface area (Å²) in [5, 5.41) is 12.5. The van der Waals surface area contributed by atoms with Gasteiger partial charge in [0.2, 0.25) is 5.75 Å². The first-order chi connectivity index (χ1) is 15.8. The molecule has 1 heterocycles. The van der Waals surface area contributed by atoms with Gasteiger partial charge < -0.3 is 14.4 Å². The smallest absolute Gasteiger partial charge is 0.315 e. The minimum atomic E-state index is -0.575. The van der Waals surface area contributed by atoms with Crippen LogP contribution in [-0.4, -0.2) is 62.5 Å². The van der Waals surface area contributed by atoms with E-state index in [0.717, 1.165) is 44.8 Å². The van der Waals surface area contributed by atoms with Crippen molar-refractivity contribution >= 4 is 40.4 Å². The molecule has 1 aliphatic heterocycles. The normalized spacial score (nSPS) is 14.2. The second-order valence-corrected chi connectivity index (χ2v) is 8.56. The number of rotatable bonds is 10. The van der Waals surface area contributed by atoms with Crippen LogP contribution in [0.25, 0.3) is 0 Å². The number of piperazine rings is 1. The van der Waals surface area contributed by atoms with Gasteiger partial charge >= 0.3 is 5.69 Å². The van der Waals surface area contributed by atoms with Gasteiger partial charge in [-0.2, -0.15) is 0 Å². The zero-order valence-corrected chi connectivity index (χ0v) is 20.2. The standard InChI is InChI=1S/C23H27Cl2N3O5/c1-32-21-15-16(14-19(28(30)31)23(21)33-2)20(29)8-3-4-9-26-10-12-27(13-11-26)18-7-5-6-17(24)22(18)25/h5-7,14-15H,3-4,8-13H2,1-2H3. The summed E-state index contributed by atoms with van der Waals surface area (Å²) in [5.74, 6) is 0.0319. The number of halogens is 2. The van der Waals surface area contributed by atoms with Crippen LogP contribution in [0.15, 0.2) is 30.3 Å². The van der Waals surface area contributed by atoms with Crippen molar-refractivity contribution in [1.82, 2.24) is 4.90 Å². The Balaban J connectivity index is 1.48. The molecule has 1 saturated heterocycles. The molecule has 3 rings (SSSR count). The Morgan fingerprint density at radius 3 is 2.45 bits per heavy atom. The monoisotopic (exact) mass is 495 g/mol. The molecule has 0 saturated carbocycles. The lowest BCUT2D eigenvalue weighted by molar-refractivity contribution is -0.385. The number of ether oxygens (including phenoxy) is 2. The molecule has 33 heavy (non-hydrogen) atoms. The van der Waals surface area contributed by atoms with Crippen LogP contribution in [0.1, 0.15) is 29.6 Å². The van der Waals surface area contributed by atoms with Crippen molar-refractivity contribution in [2.24, 2.45) is 0 Å². The summed E-state index contributed by atoms with van der Waals surface area (Å²) in [6.45, 7) is 4.40. The molecule has 0 spiro atoms. The van der Waals surface area contributed by atoms with Crippen molar-refractivity contribution in [3.63, 3.8) is 0 Å². The quantitative estimate of drug-likeness (QED) is 0.196. The van der Waals surface area contributed by atoms with E-state index in [1.165, 1.54) is 26.4 Å². The fraction of sp³-hybridized carbons (Fsp3) is 0.435. The van der Waals surface area contributed by atoms with Gasteiger partial charge in [-0.05, 0) is 37.6 Å². The zero-order valence-electron chi connectivity index (χ0n) is 18.7. The summed E-state index contributed by atoms with van der Waals surface area (Å²) in [4.78, 5) is 28.0. The van der Waals surface area contributed by atoms with Crippen molar-refractivity contribution in [3.05, 3.63) is 56.1 Å². The van der Waals surface area contributed by atoms with Crippen LogP contribution in [0.3, 0.4) is 0 Å². The Bertz CT molecular complexity index is 1010. The van der Waals surface area contributed by atoms with Crippen molar-refractivity contribution in [2.75, 3.05) is 51.8 Å². The molecule has 0 aliphatic carbocycles. The summed E-state index contributed by atoms with van der Waals surface area (Å²) >= 11 is 12.5. The largest absolute Gasteiger partial charge is 0.493 e. The van der Waals surface area contributed by atoms with Crippen LogP contribution >= 0.6 is 23.2 Å². The van der Waals surface area contributed by atoms with Crippen molar-refractivity contribution in [3.8, 4) is 11.5 Å². The first-order valence-electron chi connectivity index (χ1n) is 10.7. The molecule has 10 heteroatoms. The highest BCUT2D eigenvalue weighted by Gasteiger charge is 2.24. The van der Waals surface area contributed by atoms with Gasteiger partial charge in [0.1, 0.15) is 0 Å². The third-order valence-corrected chi connectivity index (χ3v) is 6.56. The molecule has 1 fully saturated rings. The van der Waals surface area contributed by atoms with E-state index in [9.17, 15) is 14.9 Å². The van der Waals surface area contributed by atoms with E-state index in [0.29, 0.717) is 22.9 Å². The number of unbranched alkanes of at least 4 members (excludes halogenated alkanes) is 1. The molecule has 2 aromatic rings. The topological polar surface area (TPSA) is 85.2 Å². The molecule has 0 radical (unpaired) electrons. The number of nitro groups is 1. The number of carbonyl (C=O) groups is 1. The number of hydrogen-bond donors (Lipinski definition) is 0. The van der Waals surface area contributed by atoms with Gasteiger partial charge in [-0.3, -0.25) is 19.8 Å². The number of nitrogens with zero attached hydrogens (tertiary/aromatic N) is 3.